The van der Waals surface area contributed by atoms with Crippen molar-refractivity contribution in [3.8, 4) is 0 Å². The van der Waals surface area contributed by atoms with E-state index in [0.717, 1.165) is 0 Å². The molecule has 0 radical (unpaired) electrons. The molecule has 0 aromatic carbocycles. The third kappa shape index (κ3) is 4.44. The van der Waals surface area contributed by atoms with E-state index >= 15 is 0 Å². The molecule has 1 aliphatic rings. The summed E-state index contributed by atoms with van der Waals surface area (Å²) in [6.45, 7) is 0. The molecule has 2 heterocycles. The topological polar surface area (TPSA) is 126 Å². The number of amides is 1. The Bertz CT molecular complexity index is 405. The van der Waals surface area contributed by atoms with E-state index in [9.17, 15) is 4.79 Å². The Hall–Kier alpha value is -1.19. The molecule has 1 saturated heterocycles. The van der Waals surface area contributed by atoms with Gasteiger partial charge in [0, 0.05) is 18.1 Å². The maximum atomic E-state index is 10.4. The fourth-order valence-corrected chi connectivity index (χ4v) is 1.69. The highest BCUT2D eigenvalue weighted by molar-refractivity contribution is 7.80. The minimum Gasteiger partial charge on any atom is -0.387 e. The molecule has 1 unspecified atom stereocenters. The zero-order chi connectivity index (χ0) is 14.4. The summed E-state index contributed by atoms with van der Waals surface area (Å²) in [7, 11) is 0. The molecular formula is C11H16N2O5S. The molecule has 1 aliphatic heterocycles. The van der Waals surface area contributed by atoms with E-state index in [1.165, 1.54) is 6.20 Å². The van der Waals surface area contributed by atoms with E-state index in [-0.39, 0.29) is 5.75 Å². The second-order valence-electron chi connectivity index (χ2n) is 3.83. The van der Waals surface area contributed by atoms with Gasteiger partial charge in [0.15, 0.2) is 6.29 Å². The van der Waals surface area contributed by atoms with Crippen LogP contribution in [-0.4, -0.2) is 56.6 Å². The van der Waals surface area contributed by atoms with Gasteiger partial charge in [-0.3, -0.25) is 9.78 Å². The van der Waals surface area contributed by atoms with Crippen molar-refractivity contribution in [2.75, 3.05) is 5.75 Å². The number of carbonyl (C=O) groups is 1. The van der Waals surface area contributed by atoms with Gasteiger partial charge in [0.1, 0.15) is 12.2 Å². The quantitative estimate of drug-likeness (QED) is 0.423. The van der Waals surface area contributed by atoms with Gasteiger partial charge in [-0.25, -0.2) is 0 Å². The van der Waals surface area contributed by atoms with E-state index in [1.807, 2.05) is 0 Å². The highest BCUT2D eigenvalue weighted by Crippen LogP contribution is 2.19. The van der Waals surface area contributed by atoms with E-state index in [1.54, 1.807) is 18.3 Å². The molecule has 19 heavy (non-hydrogen) atoms. The lowest BCUT2D eigenvalue weighted by molar-refractivity contribution is -0.123. The number of aromatic nitrogens is 1. The number of carbonyl (C=O) groups excluding carboxylic acids is 1. The first-order chi connectivity index (χ1) is 8.97. The summed E-state index contributed by atoms with van der Waals surface area (Å²) in [5.41, 5.74) is 5.38. The van der Waals surface area contributed by atoms with Crippen LogP contribution < -0.4 is 5.73 Å². The van der Waals surface area contributed by atoms with E-state index in [2.05, 4.69) is 17.6 Å². The lowest BCUT2D eigenvalue weighted by Crippen LogP contribution is -2.32. The lowest BCUT2D eigenvalue weighted by Gasteiger charge is -2.09. The van der Waals surface area contributed by atoms with Crippen molar-refractivity contribution in [3.63, 3.8) is 0 Å². The Morgan fingerprint density at radius 3 is 2.37 bits per heavy atom. The number of rotatable bonds is 2. The van der Waals surface area contributed by atoms with Crippen LogP contribution in [-0.2, 0) is 4.74 Å². The number of primary amides is 1. The fourth-order valence-electron chi connectivity index (χ4n) is 1.39. The second kappa shape index (κ2) is 7.41. The van der Waals surface area contributed by atoms with E-state index in [4.69, 9.17) is 25.8 Å². The first kappa shape index (κ1) is 15.9. The Labute approximate surface area is 115 Å². The first-order valence-corrected chi connectivity index (χ1v) is 6.11. The van der Waals surface area contributed by atoms with Crippen molar-refractivity contribution in [2.45, 2.75) is 24.6 Å². The van der Waals surface area contributed by atoms with Crippen LogP contribution in [0.1, 0.15) is 10.4 Å². The largest absolute Gasteiger partial charge is 0.387 e. The molecular weight excluding hydrogens is 272 g/mol. The van der Waals surface area contributed by atoms with Gasteiger partial charge in [-0.1, -0.05) is 0 Å². The smallest absolute Gasteiger partial charge is 0.250 e. The molecule has 0 saturated carbocycles. The minimum atomic E-state index is -1.27. The summed E-state index contributed by atoms with van der Waals surface area (Å²) in [4.78, 5) is 14.1. The molecule has 106 valence electrons. The Balaban J connectivity index is 0.000000191. The van der Waals surface area contributed by atoms with Crippen LogP contribution in [0.2, 0.25) is 0 Å². The van der Waals surface area contributed by atoms with E-state index in [0.29, 0.717) is 5.56 Å². The number of nitrogens with two attached hydrogens (primary N) is 1. The van der Waals surface area contributed by atoms with Crippen molar-refractivity contribution in [3.05, 3.63) is 30.1 Å². The van der Waals surface area contributed by atoms with Gasteiger partial charge in [0.2, 0.25) is 5.91 Å². The molecule has 7 nitrogen and oxygen atoms in total. The summed E-state index contributed by atoms with van der Waals surface area (Å²) in [6, 6.07) is 3.29. The Morgan fingerprint density at radius 1 is 1.42 bits per heavy atom. The molecule has 0 aliphatic carbocycles. The third-order valence-electron chi connectivity index (χ3n) is 2.46. The SMILES string of the molecule is NC(=O)c1cccnc1.OC1O[C@H](CS)[C@@H](O)[C@H]1O. The van der Waals surface area contributed by atoms with Gasteiger partial charge in [-0.15, -0.1) is 0 Å². The second-order valence-corrected chi connectivity index (χ2v) is 4.20. The van der Waals surface area contributed by atoms with Crippen LogP contribution in [0.25, 0.3) is 0 Å². The van der Waals surface area contributed by atoms with Gasteiger partial charge in [0.25, 0.3) is 0 Å². The maximum absolute atomic E-state index is 10.4. The van der Waals surface area contributed by atoms with Crippen molar-refractivity contribution >= 4 is 18.5 Å². The number of pyridine rings is 1. The van der Waals surface area contributed by atoms with Crippen molar-refractivity contribution in [1.82, 2.24) is 4.98 Å². The molecule has 1 aromatic heterocycles. The first-order valence-electron chi connectivity index (χ1n) is 5.47. The number of nitrogens with zero attached hydrogens (tertiary/aromatic N) is 1. The zero-order valence-corrected chi connectivity index (χ0v) is 10.9. The van der Waals surface area contributed by atoms with Crippen molar-refractivity contribution in [2.24, 2.45) is 5.73 Å². The summed E-state index contributed by atoms with van der Waals surface area (Å²) in [6.07, 6.45) is -1.03. The Morgan fingerprint density at radius 2 is 2.11 bits per heavy atom. The number of hydrogen-bond donors (Lipinski definition) is 5. The molecule has 1 fully saturated rings. The van der Waals surface area contributed by atoms with Crippen LogP contribution in [0.15, 0.2) is 24.5 Å². The average Bonchev–Trinajstić information content (AvgIpc) is 2.67. The van der Waals surface area contributed by atoms with Crippen LogP contribution in [0, 0.1) is 0 Å². The predicted molar refractivity (Wildman–Crippen MR) is 69.5 cm³/mol. The van der Waals surface area contributed by atoms with Gasteiger partial charge >= 0.3 is 0 Å². The number of aliphatic hydroxyl groups excluding tert-OH is 3. The van der Waals surface area contributed by atoms with Crippen molar-refractivity contribution < 1.29 is 24.9 Å². The van der Waals surface area contributed by atoms with Crippen LogP contribution >= 0.6 is 12.6 Å². The number of thiol groups is 1. The average molecular weight is 288 g/mol. The maximum Gasteiger partial charge on any atom is 0.250 e. The third-order valence-corrected chi connectivity index (χ3v) is 2.82. The molecule has 0 spiro atoms. The summed E-state index contributed by atoms with van der Waals surface area (Å²) < 4.78 is 4.71. The van der Waals surface area contributed by atoms with Crippen LogP contribution in [0.3, 0.4) is 0 Å². The van der Waals surface area contributed by atoms with Gasteiger partial charge < -0.3 is 25.8 Å². The summed E-state index contributed by atoms with van der Waals surface area (Å²) in [5.74, 6) is -0.155. The predicted octanol–water partition coefficient (Wildman–Crippen LogP) is -1.46. The Kier molecular flexibility index (Phi) is 6.19. The number of ether oxygens (including phenoxy) is 1. The van der Waals surface area contributed by atoms with Gasteiger partial charge in [0.05, 0.1) is 11.7 Å². The highest BCUT2D eigenvalue weighted by atomic mass is 32.1. The molecule has 1 aromatic rings. The molecule has 2 rings (SSSR count). The standard InChI is InChI=1S/C6H6N2O.C5H10O4S/c7-6(9)5-2-1-3-8-4-5;6-3-2(1-10)9-5(8)4(3)7/h1-4H,(H2,7,9);2-8,10H,1H2/t;2-,3-,4-,5?/m.1/s1. The van der Waals surface area contributed by atoms with Gasteiger partial charge in [-0.2, -0.15) is 12.6 Å². The number of hydrogen-bond acceptors (Lipinski definition) is 7. The highest BCUT2D eigenvalue weighted by Gasteiger charge is 2.40. The van der Waals surface area contributed by atoms with E-state index < -0.39 is 30.5 Å². The molecule has 5 N–H and O–H groups in total. The van der Waals surface area contributed by atoms with Crippen LogP contribution in [0.4, 0.5) is 0 Å². The summed E-state index contributed by atoms with van der Waals surface area (Å²) in [5, 5.41) is 26.8. The minimum absolute atomic E-state index is 0.287. The monoisotopic (exact) mass is 288 g/mol. The normalized spacial score (nSPS) is 29.5. The molecule has 1 amide bonds. The fraction of sp³-hybridized carbons (Fsp3) is 0.455. The van der Waals surface area contributed by atoms with Crippen molar-refractivity contribution in [1.29, 1.82) is 0 Å². The molecule has 8 heteroatoms. The lowest BCUT2D eigenvalue weighted by atomic mass is 10.2. The molecule has 4 atom stereocenters. The number of aliphatic hydroxyl groups is 3. The molecule has 0 bridgehead atoms. The van der Waals surface area contributed by atoms with Crippen LogP contribution in [0.5, 0.6) is 0 Å². The van der Waals surface area contributed by atoms with Gasteiger partial charge in [-0.05, 0) is 12.1 Å². The summed E-state index contributed by atoms with van der Waals surface area (Å²) >= 11 is 3.85. The zero-order valence-electron chi connectivity index (χ0n) is 9.96.